The maximum Gasteiger partial charge on any atom is 0.237 e. The first-order valence-corrected chi connectivity index (χ1v) is 6.59. The minimum Gasteiger partial charge on any atom is -0.352 e. The molecule has 3 N–H and O–H groups in total. The summed E-state index contributed by atoms with van der Waals surface area (Å²) in [6.45, 7) is 6.31. The van der Waals surface area contributed by atoms with E-state index in [2.05, 4.69) is 19.2 Å². The van der Waals surface area contributed by atoms with Gasteiger partial charge in [0.15, 0.2) is 0 Å². The van der Waals surface area contributed by atoms with E-state index < -0.39 is 6.04 Å². The number of benzene rings is 1. The molecule has 0 bridgehead atoms. The van der Waals surface area contributed by atoms with Crippen molar-refractivity contribution in [2.24, 2.45) is 11.7 Å². The van der Waals surface area contributed by atoms with Crippen LogP contribution in [0.4, 0.5) is 0 Å². The minimum absolute atomic E-state index is 0.0630. The lowest BCUT2D eigenvalue weighted by atomic mass is 10.0. The fourth-order valence-electron chi connectivity index (χ4n) is 2.08. The van der Waals surface area contributed by atoms with Crippen molar-refractivity contribution in [1.29, 1.82) is 0 Å². The summed E-state index contributed by atoms with van der Waals surface area (Å²) in [6, 6.07) is 9.57. The van der Waals surface area contributed by atoms with Crippen LogP contribution in [-0.2, 0) is 11.2 Å². The molecular weight excluding hydrogens is 224 g/mol. The van der Waals surface area contributed by atoms with E-state index in [-0.39, 0.29) is 11.9 Å². The first-order valence-electron chi connectivity index (χ1n) is 6.59. The largest absolute Gasteiger partial charge is 0.352 e. The van der Waals surface area contributed by atoms with Crippen molar-refractivity contribution >= 4 is 5.91 Å². The van der Waals surface area contributed by atoms with Crippen LogP contribution in [0.5, 0.6) is 0 Å². The van der Waals surface area contributed by atoms with Crippen molar-refractivity contribution in [3.8, 4) is 0 Å². The van der Waals surface area contributed by atoms with Gasteiger partial charge in [-0.05, 0) is 31.2 Å². The Balaban J connectivity index is 2.42. The SMILES string of the molecule is CC(C)C[C@@H](C)NC(=O)C(N)Cc1ccccc1. The summed E-state index contributed by atoms with van der Waals surface area (Å²) in [4.78, 5) is 11.9. The van der Waals surface area contributed by atoms with Gasteiger partial charge in [-0.15, -0.1) is 0 Å². The molecule has 0 aliphatic carbocycles. The van der Waals surface area contributed by atoms with Crippen LogP contribution in [0.3, 0.4) is 0 Å². The van der Waals surface area contributed by atoms with E-state index >= 15 is 0 Å². The molecule has 0 spiro atoms. The number of rotatable bonds is 6. The van der Waals surface area contributed by atoms with E-state index in [0.29, 0.717) is 12.3 Å². The van der Waals surface area contributed by atoms with Gasteiger partial charge in [-0.1, -0.05) is 44.2 Å². The van der Waals surface area contributed by atoms with Crippen LogP contribution in [0.15, 0.2) is 30.3 Å². The molecule has 18 heavy (non-hydrogen) atoms. The summed E-state index contributed by atoms with van der Waals surface area (Å²) in [5.74, 6) is 0.512. The normalized spacial score (nSPS) is 14.3. The van der Waals surface area contributed by atoms with Gasteiger partial charge in [0.25, 0.3) is 0 Å². The molecule has 3 nitrogen and oxygen atoms in total. The van der Waals surface area contributed by atoms with Crippen LogP contribution in [0, 0.1) is 5.92 Å². The Kier molecular flexibility index (Phi) is 5.86. The lowest BCUT2D eigenvalue weighted by molar-refractivity contribution is -0.123. The van der Waals surface area contributed by atoms with Gasteiger partial charge in [-0.3, -0.25) is 4.79 Å². The van der Waals surface area contributed by atoms with E-state index in [1.54, 1.807) is 0 Å². The molecule has 1 unspecified atom stereocenters. The van der Waals surface area contributed by atoms with Gasteiger partial charge in [0.2, 0.25) is 5.91 Å². The Morgan fingerprint density at radius 3 is 2.39 bits per heavy atom. The summed E-state index contributed by atoms with van der Waals surface area (Å²) in [7, 11) is 0. The number of hydrogen-bond acceptors (Lipinski definition) is 2. The van der Waals surface area contributed by atoms with Gasteiger partial charge in [-0.25, -0.2) is 0 Å². The molecule has 0 aliphatic rings. The number of carbonyl (C=O) groups is 1. The minimum atomic E-state index is -0.470. The average molecular weight is 248 g/mol. The molecule has 0 aliphatic heterocycles. The van der Waals surface area contributed by atoms with Crippen molar-refractivity contribution in [3.63, 3.8) is 0 Å². The quantitative estimate of drug-likeness (QED) is 0.810. The summed E-state index contributed by atoms with van der Waals surface area (Å²) in [5, 5.41) is 2.97. The van der Waals surface area contributed by atoms with Crippen molar-refractivity contribution in [3.05, 3.63) is 35.9 Å². The van der Waals surface area contributed by atoms with Crippen LogP contribution in [0.2, 0.25) is 0 Å². The topological polar surface area (TPSA) is 55.1 Å². The summed E-state index contributed by atoms with van der Waals surface area (Å²) < 4.78 is 0. The molecule has 1 amide bonds. The van der Waals surface area contributed by atoms with Crippen molar-refractivity contribution in [2.75, 3.05) is 0 Å². The van der Waals surface area contributed by atoms with Crippen molar-refractivity contribution < 1.29 is 4.79 Å². The molecule has 0 heterocycles. The molecular formula is C15H24N2O. The van der Waals surface area contributed by atoms with Gasteiger partial charge in [-0.2, -0.15) is 0 Å². The van der Waals surface area contributed by atoms with Crippen LogP contribution in [0.1, 0.15) is 32.8 Å². The molecule has 0 aromatic heterocycles. The van der Waals surface area contributed by atoms with E-state index in [1.807, 2.05) is 37.3 Å². The highest BCUT2D eigenvalue weighted by Crippen LogP contribution is 2.05. The molecule has 0 radical (unpaired) electrons. The lowest BCUT2D eigenvalue weighted by Gasteiger charge is -2.19. The Morgan fingerprint density at radius 2 is 1.83 bits per heavy atom. The van der Waals surface area contributed by atoms with E-state index in [4.69, 9.17) is 5.73 Å². The van der Waals surface area contributed by atoms with Gasteiger partial charge in [0, 0.05) is 6.04 Å². The van der Waals surface area contributed by atoms with Gasteiger partial charge in [0.1, 0.15) is 0 Å². The second-order valence-corrected chi connectivity index (χ2v) is 5.34. The standard InChI is InChI=1S/C15H24N2O/c1-11(2)9-12(3)17-15(18)14(16)10-13-7-5-4-6-8-13/h4-8,11-12,14H,9-10,16H2,1-3H3,(H,17,18)/t12-,14?/m1/s1. The highest BCUT2D eigenvalue weighted by Gasteiger charge is 2.16. The summed E-state index contributed by atoms with van der Waals surface area (Å²) in [5.41, 5.74) is 7.01. The maximum absolute atomic E-state index is 11.9. The second kappa shape index (κ2) is 7.17. The number of carbonyl (C=O) groups excluding carboxylic acids is 1. The maximum atomic E-state index is 11.9. The Morgan fingerprint density at radius 1 is 1.22 bits per heavy atom. The molecule has 1 aromatic rings. The highest BCUT2D eigenvalue weighted by atomic mass is 16.2. The molecule has 1 aromatic carbocycles. The zero-order valence-electron chi connectivity index (χ0n) is 11.5. The predicted molar refractivity (Wildman–Crippen MR) is 75.2 cm³/mol. The lowest BCUT2D eigenvalue weighted by Crippen LogP contribution is -2.45. The van der Waals surface area contributed by atoms with Gasteiger partial charge in [0.05, 0.1) is 6.04 Å². The van der Waals surface area contributed by atoms with Gasteiger partial charge < -0.3 is 11.1 Å². The third-order valence-electron chi connectivity index (χ3n) is 2.85. The Labute approximate surface area is 110 Å². The monoisotopic (exact) mass is 248 g/mol. The van der Waals surface area contributed by atoms with Crippen LogP contribution < -0.4 is 11.1 Å². The van der Waals surface area contributed by atoms with Gasteiger partial charge >= 0.3 is 0 Å². The molecule has 0 saturated heterocycles. The third-order valence-corrected chi connectivity index (χ3v) is 2.85. The molecule has 0 fully saturated rings. The molecule has 100 valence electrons. The van der Waals surface area contributed by atoms with E-state index in [1.165, 1.54) is 0 Å². The zero-order valence-corrected chi connectivity index (χ0v) is 11.5. The van der Waals surface area contributed by atoms with E-state index in [0.717, 1.165) is 12.0 Å². The van der Waals surface area contributed by atoms with Crippen molar-refractivity contribution in [2.45, 2.75) is 45.7 Å². The molecule has 0 saturated carbocycles. The number of hydrogen-bond donors (Lipinski definition) is 2. The van der Waals surface area contributed by atoms with Crippen molar-refractivity contribution in [1.82, 2.24) is 5.32 Å². The fraction of sp³-hybridized carbons (Fsp3) is 0.533. The van der Waals surface area contributed by atoms with Crippen LogP contribution in [0.25, 0.3) is 0 Å². The smallest absolute Gasteiger partial charge is 0.237 e. The fourth-order valence-corrected chi connectivity index (χ4v) is 2.08. The van der Waals surface area contributed by atoms with Crippen LogP contribution >= 0.6 is 0 Å². The Bertz CT molecular complexity index is 362. The zero-order chi connectivity index (χ0) is 13.5. The molecule has 2 atom stereocenters. The number of amides is 1. The predicted octanol–water partition coefficient (Wildman–Crippen LogP) is 2.11. The highest BCUT2D eigenvalue weighted by molar-refractivity contribution is 5.82. The third kappa shape index (κ3) is 5.32. The first kappa shape index (κ1) is 14.7. The number of nitrogens with two attached hydrogens (primary N) is 1. The number of nitrogens with one attached hydrogen (secondary N) is 1. The summed E-state index contributed by atoms with van der Waals surface area (Å²) >= 11 is 0. The van der Waals surface area contributed by atoms with Crippen LogP contribution in [-0.4, -0.2) is 18.0 Å². The summed E-state index contributed by atoms with van der Waals surface area (Å²) in [6.07, 6.45) is 1.56. The Hall–Kier alpha value is -1.35. The molecule has 3 heteroatoms. The average Bonchev–Trinajstić information content (AvgIpc) is 2.28. The molecule has 1 rings (SSSR count). The first-order chi connectivity index (χ1) is 8.49. The van der Waals surface area contributed by atoms with E-state index in [9.17, 15) is 4.79 Å². The second-order valence-electron chi connectivity index (χ2n) is 5.34.